The fraction of sp³-hybridized carbons (Fsp3) is 0.733. The molecule has 1 N–H and O–H groups in total. The molecule has 0 amide bonds. The number of anilines is 1. The summed E-state index contributed by atoms with van der Waals surface area (Å²) in [4.78, 5) is 8.54. The van der Waals surface area contributed by atoms with Crippen LogP contribution in [0.25, 0.3) is 0 Å². The fourth-order valence-electron chi connectivity index (χ4n) is 2.85. The summed E-state index contributed by atoms with van der Waals surface area (Å²) in [5, 5.41) is 3.58. The molecule has 0 aromatic carbocycles. The zero-order chi connectivity index (χ0) is 13.7. The lowest BCUT2D eigenvalue weighted by molar-refractivity contribution is 0.321. The van der Waals surface area contributed by atoms with E-state index in [0.29, 0.717) is 18.5 Å². The highest BCUT2D eigenvalue weighted by Crippen LogP contribution is 2.29. The minimum absolute atomic E-state index is 0.543. The first-order valence-electron chi connectivity index (χ1n) is 7.45. The number of hydrogen-bond donors (Lipinski definition) is 1. The molecule has 2 rings (SSSR count). The lowest BCUT2D eigenvalue weighted by Crippen LogP contribution is -2.28. The summed E-state index contributed by atoms with van der Waals surface area (Å²) in [6.07, 6.45) is 8.06. The maximum atomic E-state index is 5.52. The topological polar surface area (TPSA) is 47.0 Å². The minimum Gasteiger partial charge on any atom is -0.478 e. The van der Waals surface area contributed by atoms with Gasteiger partial charge in [0.05, 0.1) is 12.2 Å². The first kappa shape index (κ1) is 14.1. The highest BCUT2D eigenvalue weighted by atomic mass is 16.5. The molecule has 2 unspecified atom stereocenters. The SMILES string of the molecule is CCOc1ncnc(NC2CCCC(CC)C2)c1C. The molecule has 0 radical (unpaired) electrons. The number of aromatic nitrogens is 2. The molecule has 1 aromatic rings. The van der Waals surface area contributed by atoms with Crippen LogP contribution in [0.15, 0.2) is 6.33 Å². The van der Waals surface area contributed by atoms with Crippen molar-refractivity contribution in [2.24, 2.45) is 5.92 Å². The van der Waals surface area contributed by atoms with Gasteiger partial charge in [-0.25, -0.2) is 9.97 Å². The second kappa shape index (κ2) is 6.73. The summed E-state index contributed by atoms with van der Waals surface area (Å²) in [6.45, 7) is 6.92. The molecule has 1 heterocycles. The average Bonchev–Trinajstić information content (AvgIpc) is 2.44. The third-order valence-electron chi connectivity index (χ3n) is 4.02. The summed E-state index contributed by atoms with van der Waals surface area (Å²) in [5.41, 5.74) is 1.02. The number of ether oxygens (including phenoxy) is 1. The van der Waals surface area contributed by atoms with E-state index in [4.69, 9.17) is 4.74 Å². The van der Waals surface area contributed by atoms with Crippen LogP contribution in [0.4, 0.5) is 5.82 Å². The lowest BCUT2D eigenvalue weighted by atomic mass is 9.84. The van der Waals surface area contributed by atoms with Gasteiger partial charge < -0.3 is 10.1 Å². The average molecular weight is 263 g/mol. The molecule has 0 saturated heterocycles. The predicted molar refractivity (Wildman–Crippen MR) is 77.6 cm³/mol. The molecule has 1 saturated carbocycles. The van der Waals surface area contributed by atoms with Crippen LogP contribution in [0, 0.1) is 12.8 Å². The van der Waals surface area contributed by atoms with Crippen molar-refractivity contribution in [3.8, 4) is 5.88 Å². The fourth-order valence-corrected chi connectivity index (χ4v) is 2.85. The summed E-state index contributed by atoms with van der Waals surface area (Å²) in [7, 11) is 0. The summed E-state index contributed by atoms with van der Waals surface area (Å²) >= 11 is 0. The Morgan fingerprint density at radius 2 is 2.16 bits per heavy atom. The second-order valence-corrected chi connectivity index (χ2v) is 5.37. The van der Waals surface area contributed by atoms with E-state index in [1.165, 1.54) is 32.1 Å². The maximum absolute atomic E-state index is 5.52. The van der Waals surface area contributed by atoms with Gasteiger partial charge in [-0.15, -0.1) is 0 Å². The Labute approximate surface area is 116 Å². The van der Waals surface area contributed by atoms with Gasteiger partial charge in [0.1, 0.15) is 12.1 Å². The molecular weight excluding hydrogens is 238 g/mol. The number of nitrogens with one attached hydrogen (secondary N) is 1. The first-order chi connectivity index (χ1) is 9.24. The maximum Gasteiger partial charge on any atom is 0.221 e. The summed E-state index contributed by atoms with van der Waals surface area (Å²) < 4.78 is 5.52. The smallest absolute Gasteiger partial charge is 0.221 e. The number of rotatable bonds is 5. The molecular formula is C15H25N3O. The van der Waals surface area contributed by atoms with Crippen LogP contribution in [-0.4, -0.2) is 22.6 Å². The molecule has 1 aliphatic carbocycles. The quantitative estimate of drug-likeness (QED) is 0.882. The van der Waals surface area contributed by atoms with Crippen molar-refractivity contribution < 1.29 is 4.74 Å². The monoisotopic (exact) mass is 263 g/mol. The van der Waals surface area contributed by atoms with E-state index in [1.54, 1.807) is 6.33 Å². The van der Waals surface area contributed by atoms with E-state index in [9.17, 15) is 0 Å². The molecule has 1 fully saturated rings. The zero-order valence-corrected chi connectivity index (χ0v) is 12.3. The largest absolute Gasteiger partial charge is 0.478 e. The van der Waals surface area contributed by atoms with Crippen LogP contribution in [0.3, 0.4) is 0 Å². The van der Waals surface area contributed by atoms with Crippen LogP contribution in [0.5, 0.6) is 5.88 Å². The van der Waals surface area contributed by atoms with Crippen molar-refractivity contribution >= 4 is 5.82 Å². The Hall–Kier alpha value is -1.32. The second-order valence-electron chi connectivity index (χ2n) is 5.37. The van der Waals surface area contributed by atoms with Gasteiger partial charge in [-0.3, -0.25) is 0 Å². The normalized spacial score (nSPS) is 23.1. The summed E-state index contributed by atoms with van der Waals surface area (Å²) in [6, 6.07) is 0.543. The van der Waals surface area contributed by atoms with E-state index in [1.807, 2.05) is 13.8 Å². The molecule has 4 nitrogen and oxygen atoms in total. The lowest BCUT2D eigenvalue weighted by Gasteiger charge is -2.29. The van der Waals surface area contributed by atoms with Crippen molar-refractivity contribution in [3.05, 3.63) is 11.9 Å². The first-order valence-corrected chi connectivity index (χ1v) is 7.45. The van der Waals surface area contributed by atoms with E-state index >= 15 is 0 Å². The van der Waals surface area contributed by atoms with Crippen LogP contribution < -0.4 is 10.1 Å². The van der Waals surface area contributed by atoms with Crippen molar-refractivity contribution in [1.29, 1.82) is 0 Å². The van der Waals surface area contributed by atoms with E-state index in [-0.39, 0.29) is 0 Å². The molecule has 0 spiro atoms. The van der Waals surface area contributed by atoms with Gasteiger partial charge in [0, 0.05) is 6.04 Å². The van der Waals surface area contributed by atoms with Gasteiger partial charge in [-0.05, 0) is 32.6 Å². The van der Waals surface area contributed by atoms with Crippen LogP contribution in [0.1, 0.15) is 51.5 Å². The Morgan fingerprint density at radius 1 is 1.32 bits per heavy atom. The Balaban J connectivity index is 2.04. The van der Waals surface area contributed by atoms with Gasteiger partial charge in [-0.2, -0.15) is 0 Å². The van der Waals surface area contributed by atoms with Crippen molar-refractivity contribution in [1.82, 2.24) is 9.97 Å². The minimum atomic E-state index is 0.543. The molecule has 19 heavy (non-hydrogen) atoms. The molecule has 1 aromatic heterocycles. The molecule has 2 atom stereocenters. The standard InChI is InChI=1S/C15H25N3O/c1-4-12-7-6-8-13(9-12)18-14-11(3)15(19-5-2)17-10-16-14/h10,12-13H,4-9H2,1-3H3,(H,16,17,18). The third-order valence-corrected chi connectivity index (χ3v) is 4.02. The zero-order valence-electron chi connectivity index (χ0n) is 12.3. The Bertz CT molecular complexity index is 408. The van der Waals surface area contributed by atoms with Gasteiger partial charge in [0.25, 0.3) is 0 Å². The van der Waals surface area contributed by atoms with Gasteiger partial charge >= 0.3 is 0 Å². The van der Waals surface area contributed by atoms with Crippen molar-refractivity contribution in [2.45, 2.75) is 58.9 Å². The van der Waals surface area contributed by atoms with Gasteiger partial charge in [0.2, 0.25) is 5.88 Å². The molecule has 4 heteroatoms. The Kier molecular flexibility index (Phi) is 5.00. The molecule has 0 aliphatic heterocycles. The number of nitrogens with zero attached hydrogens (tertiary/aromatic N) is 2. The van der Waals surface area contributed by atoms with Gasteiger partial charge in [0.15, 0.2) is 0 Å². The summed E-state index contributed by atoms with van der Waals surface area (Å²) in [5.74, 6) is 2.49. The number of hydrogen-bond acceptors (Lipinski definition) is 4. The van der Waals surface area contributed by atoms with Gasteiger partial charge in [-0.1, -0.05) is 26.2 Å². The van der Waals surface area contributed by atoms with E-state index in [2.05, 4.69) is 22.2 Å². The highest BCUT2D eigenvalue weighted by Gasteiger charge is 2.21. The van der Waals surface area contributed by atoms with E-state index in [0.717, 1.165) is 17.3 Å². The van der Waals surface area contributed by atoms with Crippen molar-refractivity contribution in [2.75, 3.05) is 11.9 Å². The Morgan fingerprint density at radius 3 is 2.89 bits per heavy atom. The van der Waals surface area contributed by atoms with Crippen molar-refractivity contribution in [3.63, 3.8) is 0 Å². The van der Waals surface area contributed by atoms with Crippen LogP contribution in [0.2, 0.25) is 0 Å². The van der Waals surface area contributed by atoms with Crippen LogP contribution >= 0.6 is 0 Å². The molecule has 106 valence electrons. The predicted octanol–water partition coefficient (Wildman–Crippen LogP) is 3.56. The molecule has 0 bridgehead atoms. The highest BCUT2D eigenvalue weighted by molar-refractivity contribution is 5.48. The van der Waals surface area contributed by atoms with Crippen LogP contribution in [-0.2, 0) is 0 Å². The van der Waals surface area contributed by atoms with E-state index < -0.39 is 0 Å². The third kappa shape index (κ3) is 3.58. The molecule has 1 aliphatic rings.